The quantitative estimate of drug-likeness (QED) is 0.1000. The maximum atomic E-state index is 11.7. The Balaban J connectivity index is 1.86. The third-order valence-electron chi connectivity index (χ3n) is 6.96. The number of carbonyl (C=O) groups is 1. The maximum absolute atomic E-state index is 11.7. The smallest absolute Gasteiger partial charge is 0.338 e. The fourth-order valence-corrected chi connectivity index (χ4v) is 7.31. The van der Waals surface area contributed by atoms with Gasteiger partial charge in [0.05, 0.1) is 12.2 Å². The molecule has 0 aliphatic rings. The highest BCUT2D eigenvalue weighted by atomic mass is 28.3. The fourth-order valence-electron chi connectivity index (χ4n) is 4.65. The summed E-state index contributed by atoms with van der Waals surface area (Å²) in [5.74, 6) is -0.247. The Morgan fingerprint density at radius 2 is 1.18 bits per heavy atom. The number of anilines is 1. The summed E-state index contributed by atoms with van der Waals surface area (Å²) in [6.07, 6.45) is 21.1. The zero-order valence-electron chi connectivity index (χ0n) is 23.1. The van der Waals surface area contributed by atoms with Crippen molar-refractivity contribution in [3.8, 4) is 0 Å². The van der Waals surface area contributed by atoms with Gasteiger partial charge < -0.3 is 10.1 Å². The van der Waals surface area contributed by atoms with Crippen LogP contribution in [0.2, 0.25) is 25.2 Å². The maximum Gasteiger partial charge on any atom is 0.338 e. The van der Waals surface area contributed by atoms with Crippen LogP contribution in [-0.2, 0) is 4.74 Å². The standard InChI is InChI=1S/C30H55NO2Si/c1-5-7-19-26-34(3,4)27-20-17-15-13-11-9-8-10-12-14-16-18-25-31-29-23-21-28(22-24-29)30(32)33-6-2/h21-24,31H,5-20,25-27H2,1-4H3. The van der Waals surface area contributed by atoms with E-state index in [-0.39, 0.29) is 5.97 Å². The molecule has 0 aromatic heterocycles. The van der Waals surface area contributed by atoms with Crippen molar-refractivity contribution in [1.29, 1.82) is 0 Å². The lowest BCUT2D eigenvalue weighted by Crippen LogP contribution is -2.24. The lowest BCUT2D eigenvalue weighted by molar-refractivity contribution is 0.0526. The van der Waals surface area contributed by atoms with E-state index in [2.05, 4.69) is 25.3 Å². The van der Waals surface area contributed by atoms with Crippen LogP contribution in [-0.4, -0.2) is 27.2 Å². The SMILES string of the molecule is CCCCC[Si](C)(C)CCCCCCCCCCCCCCNc1ccc(C(=O)OCC)cc1. The van der Waals surface area contributed by atoms with Crippen molar-refractivity contribution in [2.45, 2.75) is 135 Å². The van der Waals surface area contributed by atoms with Gasteiger partial charge in [-0.1, -0.05) is 122 Å². The van der Waals surface area contributed by atoms with Crippen LogP contribution < -0.4 is 5.32 Å². The molecule has 0 saturated heterocycles. The molecule has 0 heterocycles. The monoisotopic (exact) mass is 489 g/mol. The van der Waals surface area contributed by atoms with Gasteiger partial charge in [-0.15, -0.1) is 0 Å². The number of unbranched alkanes of at least 4 members (excludes halogenated alkanes) is 13. The zero-order valence-corrected chi connectivity index (χ0v) is 24.1. The molecule has 0 saturated carbocycles. The van der Waals surface area contributed by atoms with Gasteiger partial charge in [-0.2, -0.15) is 0 Å². The molecule has 3 nitrogen and oxygen atoms in total. The molecule has 0 atom stereocenters. The molecule has 0 spiro atoms. The molecule has 34 heavy (non-hydrogen) atoms. The Hall–Kier alpha value is -1.29. The van der Waals surface area contributed by atoms with Crippen molar-refractivity contribution in [2.24, 2.45) is 0 Å². The van der Waals surface area contributed by atoms with E-state index in [9.17, 15) is 4.79 Å². The van der Waals surface area contributed by atoms with E-state index in [4.69, 9.17) is 4.74 Å². The van der Waals surface area contributed by atoms with Crippen molar-refractivity contribution in [1.82, 2.24) is 0 Å². The summed E-state index contributed by atoms with van der Waals surface area (Å²) in [4.78, 5) is 11.7. The van der Waals surface area contributed by atoms with Gasteiger partial charge in [-0.25, -0.2) is 4.79 Å². The Morgan fingerprint density at radius 1 is 0.706 bits per heavy atom. The second-order valence-corrected chi connectivity index (χ2v) is 16.2. The lowest BCUT2D eigenvalue weighted by atomic mass is 10.1. The third kappa shape index (κ3) is 16.4. The van der Waals surface area contributed by atoms with Crippen molar-refractivity contribution in [2.75, 3.05) is 18.5 Å². The molecule has 1 rings (SSSR count). The van der Waals surface area contributed by atoms with Crippen LogP contribution in [0.5, 0.6) is 0 Å². The molecule has 0 aliphatic carbocycles. The van der Waals surface area contributed by atoms with Crippen LogP contribution in [0, 0.1) is 0 Å². The minimum atomic E-state index is -0.889. The van der Waals surface area contributed by atoms with Gasteiger partial charge in [-0.05, 0) is 37.6 Å². The van der Waals surface area contributed by atoms with E-state index in [0.29, 0.717) is 12.2 Å². The number of benzene rings is 1. The lowest BCUT2D eigenvalue weighted by Gasteiger charge is -2.22. The molecule has 1 aromatic rings. The summed E-state index contributed by atoms with van der Waals surface area (Å²) in [6.45, 7) is 10.8. The van der Waals surface area contributed by atoms with E-state index in [0.717, 1.165) is 12.2 Å². The summed E-state index contributed by atoms with van der Waals surface area (Å²) in [6, 6.07) is 10.7. The molecule has 196 valence electrons. The van der Waals surface area contributed by atoms with Crippen molar-refractivity contribution in [3.63, 3.8) is 0 Å². The number of hydrogen-bond acceptors (Lipinski definition) is 3. The molecule has 1 N–H and O–H groups in total. The van der Waals surface area contributed by atoms with Crippen LogP contribution in [0.1, 0.15) is 121 Å². The highest BCUT2D eigenvalue weighted by molar-refractivity contribution is 6.77. The van der Waals surface area contributed by atoms with E-state index in [1.165, 1.54) is 96.3 Å². The van der Waals surface area contributed by atoms with Gasteiger partial charge >= 0.3 is 5.97 Å². The number of hydrogen-bond donors (Lipinski definition) is 1. The number of rotatable bonds is 22. The van der Waals surface area contributed by atoms with Crippen LogP contribution >= 0.6 is 0 Å². The molecule has 0 unspecified atom stereocenters. The summed E-state index contributed by atoms with van der Waals surface area (Å²) < 4.78 is 5.02. The van der Waals surface area contributed by atoms with Gasteiger partial charge in [0.1, 0.15) is 0 Å². The number of carbonyl (C=O) groups excluding carboxylic acids is 1. The first kappa shape index (κ1) is 30.7. The first-order valence-electron chi connectivity index (χ1n) is 14.5. The third-order valence-corrected chi connectivity index (χ3v) is 10.4. The molecule has 0 aliphatic heterocycles. The van der Waals surface area contributed by atoms with Gasteiger partial charge in [0, 0.05) is 20.3 Å². The molecule has 1 aromatic carbocycles. The number of esters is 1. The van der Waals surface area contributed by atoms with Gasteiger partial charge in [0.25, 0.3) is 0 Å². The average molecular weight is 490 g/mol. The van der Waals surface area contributed by atoms with Crippen LogP contribution in [0.4, 0.5) is 5.69 Å². The summed E-state index contributed by atoms with van der Waals surface area (Å²) in [7, 11) is -0.889. The highest BCUT2D eigenvalue weighted by Crippen LogP contribution is 2.23. The zero-order chi connectivity index (χ0) is 24.9. The van der Waals surface area contributed by atoms with Crippen LogP contribution in [0.25, 0.3) is 0 Å². The second kappa shape index (κ2) is 20.0. The molecule has 0 radical (unpaired) electrons. The molecular weight excluding hydrogens is 434 g/mol. The average Bonchev–Trinajstić information content (AvgIpc) is 2.82. The molecule has 0 amide bonds. The topological polar surface area (TPSA) is 38.3 Å². The predicted octanol–water partition coefficient (Wildman–Crippen LogP) is 9.85. The number of nitrogens with one attached hydrogen (secondary N) is 1. The summed E-state index contributed by atoms with van der Waals surface area (Å²) in [5.41, 5.74) is 1.69. The first-order valence-corrected chi connectivity index (χ1v) is 17.9. The van der Waals surface area contributed by atoms with E-state index >= 15 is 0 Å². The molecule has 4 heteroatoms. The van der Waals surface area contributed by atoms with E-state index in [1.54, 1.807) is 12.1 Å². The van der Waals surface area contributed by atoms with Crippen molar-refractivity contribution < 1.29 is 9.53 Å². The first-order chi connectivity index (χ1) is 16.5. The minimum Gasteiger partial charge on any atom is -0.462 e. The van der Waals surface area contributed by atoms with Crippen molar-refractivity contribution in [3.05, 3.63) is 29.8 Å². The Bertz CT molecular complexity index is 615. The highest BCUT2D eigenvalue weighted by Gasteiger charge is 2.18. The second-order valence-electron chi connectivity index (χ2n) is 10.8. The Labute approximate surface area is 212 Å². The van der Waals surface area contributed by atoms with E-state index in [1.807, 2.05) is 31.2 Å². The minimum absolute atomic E-state index is 0.247. The van der Waals surface area contributed by atoms with Crippen LogP contribution in [0.3, 0.4) is 0 Å². The van der Waals surface area contributed by atoms with Crippen LogP contribution in [0.15, 0.2) is 24.3 Å². The normalized spacial score (nSPS) is 11.5. The van der Waals surface area contributed by atoms with Crippen molar-refractivity contribution >= 4 is 19.7 Å². The largest absolute Gasteiger partial charge is 0.462 e. The van der Waals surface area contributed by atoms with Gasteiger partial charge in [0.2, 0.25) is 0 Å². The van der Waals surface area contributed by atoms with E-state index < -0.39 is 8.07 Å². The van der Waals surface area contributed by atoms with Gasteiger partial charge in [-0.3, -0.25) is 0 Å². The predicted molar refractivity (Wildman–Crippen MR) is 153 cm³/mol. The summed E-state index contributed by atoms with van der Waals surface area (Å²) in [5, 5.41) is 3.45. The molecule has 0 fully saturated rings. The molecule has 0 bridgehead atoms. The Kier molecular flexibility index (Phi) is 18.0. The van der Waals surface area contributed by atoms with Gasteiger partial charge in [0.15, 0.2) is 0 Å². The summed E-state index contributed by atoms with van der Waals surface area (Å²) >= 11 is 0. The molecular formula is C30H55NO2Si. The fraction of sp³-hybridized carbons (Fsp3) is 0.767. The Morgan fingerprint density at radius 3 is 1.68 bits per heavy atom. The number of ether oxygens (including phenoxy) is 1.